The van der Waals surface area contributed by atoms with Crippen LogP contribution in [0.25, 0.3) is 0 Å². The van der Waals surface area contributed by atoms with Gasteiger partial charge in [0.1, 0.15) is 0 Å². The van der Waals surface area contributed by atoms with Crippen molar-refractivity contribution in [2.45, 2.75) is 30.8 Å². The van der Waals surface area contributed by atoms with Crippen LogP contribution in [0.5, 0.6) is 0 Å². The molecule has 0 bridgehead atoms. The van der Waals surface area contributed by atoms with Crippen LogP contribution in [-0.2, 0) is 4.74 Å². The molecule has 68 valence electrons. The number of rotatable bonds is 6. The van der Waals surface area contributed by atoms with E-state index in [4.69, 9.17) is 9.84 Å². The predicted molar refractivity (Wildman–Crippen MR) is 50.1 cm³/mol. The largest absolute Gasteiger partial charge is 0.396 e. The monoisotopic (exact) mass is 178 g/mol. The van der Waals surface area contributed by atoms with Gasteiger partial charge in [0.2, 0.25) is 0 Å². The second kappa shape index (κ2) is 6.95. The molecule has 0 saturated heterocycles. The summed E-state index contributed by atoms with van der Waals surface area (Å²) in [6, 6.07) is 0. The lowest BCUT2D eigenvalue weighted by atomic mass is 10.3. The first-order chi connectivity index (χ1) is 5.20. The molecule has 0 aromatic carbocycles. The van der Waals surface area contributed by atoms with Gasteiger partial charge in [0.25, 0.3) is 0 Å². The SMILES string of the molecule is COCC(C)SC(C)CCO. The van der Waals surface area contributed by atoms with Crippen molar-refractivity contribution >= 4 is 11.8 Å². The van der Waals surface area contributed by atoms with Crippen LogP contribution in [0.15, 0.2) is 0 Å². The summed E-state index contributed by atoms with van der Waals surface area (Å²) in [5, 5.41) is 9.70. The molecule has 0 aromatic rings. The third kappa shape index (κ3) is 6.66. The van der Waals surface area contributed by atoms with Gasteiger partial charge in [-0.1, -0.05) is 13.8 Å². The van der Waals surface area contributed by atoms with E-state index in [1.54, 1.807) is 7.11 Å². The summed E-state index contributed by atoms with van der Waals surface area (Å²) in [6.07, 6.45) is 0.874. The number of hydrogen-bond donors (Lipinski definition) is 1. The van der Waals surface area contributed by atoms with E-state index in [2.05, 4.69) is 13.8 Å². The zero-order chi connectivity index (χ0) is 8.69. The highest BCUT2D eigenvalue weighted by Gasteiger charge is 2.07. The van der Waals surface area contributed by atoms with Gasteiger partial charge in [0.15, 0.2) is 0 Å². The quantitative estimate of drug-likeness (QED) is 0.669. The minimum Gasteiger partial charge on any atom is -0.396 e. The summed E-state index contributed by atoms with van der Waals surface area (Å²) in [4.78, 5) is 0. The number of hydrogen-bond acceptors (Lipinski definition) is 3. The first kappa shape index (κ1) is 11.3. The van der Waals surface area contributed by atoms with Crippen molar-refractivity contribution < 1.29 is 9.84 Å². The molecule has 2 nitrogen and oxygen atoms in total. The lowest BCUT2D eigenvalue weighted by molar-refractivity contribution is 0.202. The van der Waals surface area contributed by atoms with Crippen LogP contribution in [0.1, 0.15) is 20.3 Å². The van der Waals surface area contributed by atoms with Crippen LogP contribution in [0.2, 0.25) is 0 Å². The molecule has 0 radical (unpaired) electrons. The Kier molecular flexibility index (Phi) is 7.12. The summed E-state index contributed by atoms with van der Waals surface area (Å²) < 4.78 is 5.00. The minimum atomic E-state index is 0.286. The number of methoxy groups -OCH3 is 1. The third-order valence-corrected chi connectivity index (χ3v) is 2.70. The average Bonchev–Trinajstić information content (AvgIpc) is 1.87. The van der Waals surface area contributed by atoms with Gasteiger partial charge < -0.3 is 9.84 Å². The highest BCUT2D eigenvalue weighted by Crippen LogP contribution is 2.19. The molecular weight excluding hydrogens is 160 g/mol. The topological polar surface area (TPSA) is 29.5 Å². The number of aliphatic hydroxyl groups excluding tert-OH is 1. The minimum absolute atomic E-state index is 0.286. The van der Waals surface area contributed by atoms with Crippen molar-refractivity contribution in [2.75, 3.05) is 20.3 Å². The van der Waals surface area contributed by atoms with Crippen LogP contribution < -0.4 is 0 Å². The molecule has 0 aliphatic rings. The summed E-state index contributed by atoms with van der Waals surface area (Å²) in [5.41, 5.74) is 0. The fourth-order valence-corrected chi connectivity index (χ4v) is 2.17. The number of aliphatic hydroxyl groups is 1. The standard InChI is InChI=1S/C8H18O2S/c1-7(4-5-9)11-8(2)6-10-3/h7-9H,4-6H2,1-3H3. The van der Waals surface area contributed by atoms with Crippen LogP contribution in [0.3, 0.4) is 0 Å². The second-order valence-electron chi connectivity index (χ2n) is 2.72. The highest BCUT2D eigenvalue weighted by molar-refractivity contribution is 8.00. The van der Waals surface area contributed by atoms with E-state index in [-0.39, 0.29) is 6.61 Å². The van der Waals surface area contributed by atoms with Gasteiger partial charge in [-0.05, 0) is 6.42 Å². The Morgan fingerprint density at radius 3 is 2.45 bits per heavy atom. The van der Waals surface area contributed by atoms with E-state index in [1.807, 2.05) is 11.8 Å². The number of ether oxygens (including phenoxy) is 1. The molecule has 0 saturated carbocycles. The van der Waals surface area contributed by atoms with Gasteiger partial charge in [0, 0.05) is 24.2 Å². The Labute approximate surface area is 73.3 Å². The Hall–Kier alpha value is 0.270. The summed E-state index contributed by atoms with van der Waals surface area (Å²) >= 11 is 1.86. The lowest BCUT2D eigenvalue weighted by Crippen LogP contribution is -2.11. The zero-order valence-corrected chi connectivity index (χ0v) is 8.36. The fraction of sp³-hybridized carbons (Fsp3) is 1.00. The van der Waals surface area contributed by atoms with Crippen molar-refractivity contribution in [1.82, 2.24) is 0 Å². The molecule has 3 heteroatoms. The Morgan fingerprint density at radius 1 is 1.36 bits per heavy atom. The van der Waals surface area contributed by atoms with Gasteiger partial charge in [-0.25, -0.2) is 0 Å². The van der Waals surface area contributed by atoms with E-state index in [0.29, 0.717) is 10.5 Å². The molecule has 0 rings (SSSR count). The Morgan fingerprint density at radius 2 is 2.00 bits per heavy atom. The van der Waals surface area contributed by atoms with E-state index < -0.39 is 0 Å². The fourth-order valence-electron chi connectivity index (χ4n) is 0.920. The average molecular weight is 178 g/mol. The molecule has 0 aliphatic heterocycles. The van der Waals surface area contributed by atoms with Crippen molar-refractivity contribution in [3.8, 4) is 0 Å². The molecule has 0 aliphatic carbocycles. The normalized spacial score (nSPS) is 16.4. The van der Waals surface area contributed by atoms with E-state index in [1.165, 1.54) is 0 Å². The summed E-state index contributed by atoms with van der Waals surface area (Å²) in [6.45, 7) is 5.35. The Bertz CT molecular complexity index is 78.2. The van der Waals surface area contributed by atoms with Crippen molar-refractivity contribution in [3.63, 3.8) is 0 Å². The highest BCUT2D eigenvalue weighted by atomic mass is 32.2. The second-order valence-corrected chi connectivity index (χ2v) is 4.61. The summed E-state index contributed by atoms with van der Waals surface area (Å²) in [7, 11) is 1.72. The molecule has 0 aromatic heterocycles. The van der Waals surface area contributed by atoms with Crippen molar-refractivity contribution in [1.29, 1.82) is 0 Å². The first-order valence-electron chi connectivity index (χ1n) is 3.96. The van der Waals surface area contributed by atoms with E-state index in [0.717, 1.165) is 13.0 Å². The summed E-state index contributed by atoms with van der Waals surface area (Å²) in [5.74, 6) is 0. The van der Waals surface area contributed by atoms with E-state index in [9.17, 15) is 0 Å². The van der Waals surface area contributed by atoms with Gasteiger partial charge in [0.05, 0.1) is 6.61 Å². The van der Waals surface area contributed by atoms with Crippen LogP contribution >= 0.6 is 11.8 Å². The lowest BCUT2D eigenvalue weighted by Gasteiger charge is -2.14. The Balaban J connectivity index is 3.32. The predicted octanol–water partition coefficient (Wildman–Crippen LogP) is 1.53. The molecule has 0 heterocycles. The maximum absolute atomic E-state index is 8.63. The van der Waals surface area contributed by atoms with Crippen LogP contribution in [0.4, 0.5) is 0 Å². The maximum atomic E-state index is 8.63. The molecule has 11 heavy (non-hydrogen) atoms. The molecule has 2 unspecified atom stereocenters. The smallest absolute Gasteiger partial charge is 0.0578 e. The van der Waals surface area contributed by atoms with Gasteiger partial charge in [-0.3, -0.25) is 0 Å². The molecule has 1 N–H and O–H groups in total. The molecule has 0 spiro atoms. The van der Waals surface area contributed by atoms with Crippen molar-refractivity contribution in [3.05, 3.63) is 0 Å². The molecule has 2 atom stereocenters. The van der Waals surface area contributed by atoms with Crippen LogP contribution in [0, 0.1) is 0 Å². The third-order valence-electron chi connectivity index (χ3n) is 1.40. The van der Waals surface area contributed by atoms with Crippen LogP contribution in [-0.4, -0.2) is 35.9 Å². The zero-order valence-electron chi connectivity index (χ0n) is 7.54. The van der Waals surface area contributed by atoms with E-state index >= 15 is 0 Å². The molecule has 0 fully saturated rings. The first-order valence-corrected chi connectivity index (χ1v) is 4.90. The van der Waals surface area contributed by atoms with Gasteiger partial charge in [-0.15, -0.1) is 0 Å². The maximum Gasteiger partial charge on any atom is 0.0578 e. The molecule has 0 amide bonds. The molecular formula is C8H18O2S. The van der Waals surface area contributed by atoms with Gasteiger partial charge >= 0.3 is 0 Å². The van der Waals surface area contributed by atoms with Crippen molar-refractivity contribution in [2.24, 2.45) is 0 Å². The number of thioether (sulfide) groups is 1. The van der Waals surface area contributed by atoms with Gasteiger partial charge in [-0.2, -0.15) is 11.8 Å².